The maximum atomic E-state index is 13.3. The molecule has 0 spiro atoms. The van der Waals surface area contributed by atoms with E-state index in [1.807, 2.05) is 44.4 Å². The van der Waals surface area contributed by atoms with Crippen molar-refractivity contribution in [2.24, 2.45) is 0 Å². The van der Waals surface area contributed by atoms with Gasteiger partial charge in [0.15, 0.2) is 0 Å². The number of carbonyl (C=O) groups excluding carboxylic acids is 1. The number of carboxylic acid groups (broad SMARTS) is 1. The van der Waals surface area contributed by atoms with Crippen LogP contribution in [0.2, 0.25) is 0 Å². The molecule has 0 radical (unpaired) electrons. The first-order valence-electron chi connectivity index (χ1n) is 14.0. The second kappa shape index (κ2) is 12.6. The van der Waals surface area contributed by atoms with Crippen LogP contribution in [0.4, 0.5) is 28.0 Å². The first-order chi connectivity index (χ1) is 20.8. The van der Waals surface area contributed by atoms with Crippen molar-refractivity contribution in [2.45, 2.75) is 70.6 Å². The number of hydrogen-bond acceptors (Lipinski definition) is 7. The molecule has 0 aliphatic carbocycles. The summed E-state index contributed by atoms with van der Waals surface area (Å²) in [4.78, 5) is 37.9. The summed E-state index contributed by atoms with van der Waals surface area (Å²) in [6.07, 6.45) is -4.34. The van der Waals surface area contributed by atoms with Crippen molar-refractivity contribution in [1.29, 1.82) is 0 Å². The molecule has 1 aromatic carbocycles. The summed E-state index contributed by atoms with van der Waals surface area (Å²) < 4.78 is 53.1. The highest BCUT2D eigenvalue weighted by molar-refractivity contribution is 7.09. The number of likely N-dealkylation sites (tertiary alicyclic amines) is 1. The van der Waals surface area contributed by atoms with Crippen LogP contribution in [-0.2, 0) is 16.2 Å². The zero-order valence-electron chi connectivity index (χ0n) is 24.2. The van der Waals surface area contributed by atoms with Gasteiger partial charge in [-0.2, -0.15) is 5.10 Å². The Balaban J connectivity index is 1.18. The number of hydroxylamine groups is 1. The number of thiazole rings is 1. The first-order valence-corrected chi connectivity index (χ1v) is 14.8. The van der Waals surface area contributed by atoms with Crippen LogP contribution in [0.5, 0.6) is 0 Å². The third-order valence-corrected chi connectivity index (χ3v) is 8.52. The van der Waals surface area contributed by atoms with Crippen LogP contribution in [0.15, 0.2) is 41.8 Å². The number of piperidine rings is 1. The topological polar surface area (TPSA) is 113 Å². The van der Waals surface area contributed by atoms with Crippen LogP contribution in [0, 0.1) is 0 Å². The molecule has 1 unspecified atom stereocenters. The molecule has 4 heterocycles. The summed E-state index contributed by atoms with van der Waals surface area (Å²) in [5.74, 6) is -0.365. The van der Waals surface area contributed by atoms with Crippen LogP contribution in [-0.4, -0.2) is 55.4 Å². The van der Waals surface area contributed by atoms with Crippen molar-refractivity contribution in [3.8, 4) is 0 Å². The quantitative estimate of drug-likeness (QED) is 0.271. The van der Waals surface area contributed by atoms with E-state index in [1.165, 1.54) is 21.1 Å². The summed E-state index contributed by atoms with van der Waals surface area (Å²) in [7, 11) is 0. The van der Waals surface area contributed by atoms with E-state index in [0.29, 0.717) is 53.8 Å². The van der Waals surface area contributed by atoms with Gasteiger partial charge in [-0.1, -0.05) is 12.1 Å². The smallest absolute Gasteiger partial charge is 0.412 e. The first kappa shape index (κ1) is 31.4. The van der Waals surface area contributed by atoms with Crippen molar-refractivity contribution >= 4 is 34.7 Å². The van der Waals surface area contributed by atoms with E-state index in [4.69, 9.17) is 9.82 Å². The fraction of sp³-hybridized carbons (Fsp3) is 0.448. The number of anilines is 1. The third kappa shape index (κ3) is 6.73. The van der Waals surface area contributed by atoms with E-state index in [0.717, 1.165) is 10.6 Å². The van der Waals surface area contributed by atoms with Crippen LogP contribution in [0.1, 0.15) is 86.1 Å². The van der Waals surface area contributed by atoms with Gasteiger partial charge in [0.05, 0.1) is 16.4 Å². The van der Waals surface area contributed by atoms with Crippen LogP contribution in [0.3, 0.4) is 0 Å². The van der Waals surface area contributed by atoms with Crippen molar-refractivity contribution in [3.05, 3.63) is 69.4 Å². The number of hydrogen-bond donors (Lipinski definition) is 2. The second-order valence-corrected chi connectivity index (χ2v) is 12.5. The minimum absolute atomic E-state index is 0.0934. The lowest BCUT2D eigenvalue weighted by Crippen LogP contribution is -2.45. The molecule has 5 rings (SSSR count). The minimum Gasteiger partial charge on any atom is -0.465 e. The van der Waals surface area contributed by atoms with Gasteiger partial charge in [-0.25, -0.2) is 27.3 Å². The summed E-state index contributed by atoms with van der Waals surface area (Å²) in [6, 6.07) is 7.77. The highest BCUT2D eigenvalue weighted by atomic mass is 32.1. The fourth-order valence-electron chi connectivity index (χ4n) is 5.31. The average molecular weight is 637 g/mol. The Labute approximate surface area is 254 Å². The van der Waals surface area contributed by atoms with E-state index < -0.39 is 54.4 Å². The van der Waals surface area contributed by atoms with E-state index in [1.54, 1.807) is 12.1 Å². The van der Waals surface area contributed by atoms with Gasteiger partial charge in [0.25, 0.3) is 12.9 Å². The molecule has 236 valence electrons. The number of benzene rings is 1. The highest BCUT2D eigenvalue weighted by Gasteiger charge is 2.30. The minimum atomic E-state index is -3.03. The van der Waals surface area contributed by atoms with Gasteiger partial charge in [0.2, 0.25) is 5.91 Å². The predicted octanol–water partition coefficient (Wildman–Crippen LogP) is 6.52. The van der Waals surface area contributed by atoms with Gasteiger partial charge >= 0.3 is 6.09 Å². The monoisotopic (exact) mass is 636 g/mol. The number of nitrogens with one attached hydrogen (secondary N) is 1. The Morgan fingerprint density at radius 3 is 2.41 bits per heavy atom. The zero-order chi connectivity index (χ0) is 31.8. The lowest BCUT2D eigenvalue weighted by atomic mass is 9.97. The summed E-state index contributed by atoms with van der Waals surface area (Å²) in [5.41, 5.74) is 3.63. The van der Waals surface area contributed by atoms with Crippen molar-refractivity contribution in [3.63, 3.8) is 0 Å². The van der Waals surface area contributed by atoms with E-state index in [2.05, 4.69) is 10.6 Å². The standard InChI is InChI=1S/C29H32F4N6O4S/c1-29(2,3)39(28(41)42)18-6-4-16(5-7-18)23-13-19(36-43-23)21-15-44-27(34-21)17-8-10-37(11-9-17)24(40)14-38-22(26(32)33)12-20(35-38)25(30)31/h4-7,12-13,15,17,23,25-26,36H,8-11,14H2,1-3H3,(H,41,42). The molecule has 1 saturated heterocycles. The third-order valence-electron chi connectivity index (χ3n) is 7.51. The molecule has 44 heavy (non-hydrogen) atoms. The molecule has 0 saturated carbocycles. The molecule has 10 nitrogen and oxygen atoms in total. The van der Waals surface area contributed by atoms with Crippen molar-refractivity contribution in [1.82, 2.24) is 25.1 Å². The Bertz CT molecular complexity index is 1530. The predicted molar refractivity (Wildman–Crippen MR) is 154 cm³/mol. The molecule has 15 heteroatoms. The van der Waals surface area contributed by atoms with Gasteiger partial charge in [-0.15, -0.1) is 11.3 Å². The summed E-state index contributed by atoms with van der Waals surface area (Å²) >= 11 is 1.49. The summed E-state index contributed by atoms with van der Waals surface area (Å²) in [6.45, 7) is 5.69. The van der Waals surface area contributed by atoms with Crippen LogP contribution < -0.4 is 10.4 Å². The van der Waals surface area contributed by atoms with Gasteiger partial charge < -0.3 is 10.0 Å². The molecule has 2 aromatic heterocycles. The number of carbonyl (C=O) groups is 2. The molecular formula is C29H32F4N6O4S. The SMILES string of the molecule is CC(C)(C)N(C(=O)O)c1ccc(C2C=C(c3csc(C4CCN(C(=O)Cn5nc(C(F)F)cc5C(F)F)CC4)n3)NO2)cc1. The normalized spacial score (nSPS) is 17.7. The van der Waals surface area contributed by atoms with Gasteiger partial charge in [0.1, 0.15) is 24.0 Å². The Hall–Kier alpha value is -3.98. The number of amides is 2. The summed E-state index contributed by atoms with van der Waals surface area (Å²) in [5, 5.41) is 16.0. The molecule has 2 amide bonds. The molecule has 2 aliphatic rings. The molecule has 1 fully saturated rings. The zero-order valence-corrected chi connectivity index (χ0v) is 25.0. The number of alkyl halides is 4. The second-order valence-electron chi connectivity index (χ2n) is 11.6. The Morgan fingerprint density at radius 2 is 1.82 bits per heavy atom. The van der Waals surface area contributed by atoms with Crippen LogP contribution >= 0.6 is 11.3 Å². The largest absolute Gasteiger partial charge is 0.465 e. The number of nitrogens with zero attached hydrogens (tertiary/aromatic N) is 5. The van der Waals surface area contributed by atoms with Crippen LogP contribution in [0.25, 0.3) is 5.70 Å². The lowest BCUT2D eigenvalue weighted by Gasteiger charge is -2.33. The number of aromatic nitrogens is 3. The fourth-order valence-corrected chi connectivity index (χ4v) is 6.30. The van der Waals surface area contributed by atoms with Gasteiger partial charge in [0, 0.05) is 35.6 Å². The molecule has 0 bridgehead atoms. The molecule has 2 N–H and O–H groups in total. The van der Waals surface area contributed by atoms with Gasteiger partial charge in [-0.3, -0.25) is 24.7 Å². The van der Waals surface area contributed by atoms with Crippen molar-refractivity contribution in [2.75, 3.05) is 18.0 Å². The van der Waals surface area contributed by atoms with E-state index in [9.17, 15) is 32.3 Å². The molecule has 3 aromatic rings. The molecule has 1 atom stereocenters. The average Bonchev–Trinajstić information content (AvgIpc) is 3.72. The van der Waals surface area contributed by atoms with E-state index >= 15 is 0 Å². The Kier molecular flexibility index (Phi) is 8.97. The lowest BCUT2D eigenvalue weighted by molar-refractivity contribution is -0.133. The Morgan fingerprint density at radius 1 is 1.14 bits per heavy atom. The molecule has 2 aliphatic heterocycles. The van der Waals surface area contributed by atoms with Gasteiger partial charge in [-0.05, 0) is 63.5 Å². The van der Waals surface area contributed by atoms with E-state index in [-0.39, 0.29) is 5.92 Å². The molecular weight excluding hydrogens is 604 g/mol. The van der Waals surface area contributed by atoms with Crippen molar-refractivity contribution < 1.29 is 37.1 Å². The maximum absolute atomic E-state index is 13.3. The number of rotatable bonds is 8. The highest BCUT2D eigenvalue weighted by Crippen LogP contribution is 2.35. The maximum Gasteiger partial charge on any atom is 0.412 e. The number of halogens is 4.